The lowest BCUT2D eigenvalue weighted by Gasteiger charge is -2.10. The van der Waals surface area contributed by atoms with Crippen LogP contribution in [0.4, 0.5) is 17.2 Å². The van der Waals surface area contributed by atoms with Gasteiger partial charge in [-0.25, -0.2) is 0 Å². The van der Waals surface area contributed by atoms with E-state index >= 15 is 0 Å². The van der Waals surface area contributed by atoms with E-state index in [4.69, 9.17) is 5.73 Å². The van der Waals surface area contributed by atoms with E-state index in [1.165, 1.54) is 5.56 Å². The number of para-hydroxylation sites is 1. The Morgan fingerprint density at radius 3 is 2.50 bits per heavy atom. The Hall–Kier alpha value is -1.97. The third kappa shape index (κ3) is 1.74. The number of anilines is 3. The first-order valence-electron chi connectivity index (χ1n) is 5.21. The summed E-state index contributed by atoms with van der Waals surface area (Å²) in [4.78, 5) is 0. The van der Waals surface area contributed by atoms with Crippen molar-refractivity contribution in [3.63, 3.8) is 0 Å². The van der Waals surface area contributed by atoms with Gasteiger partial charge in [0.1, 0.15) is 0 Å². The molecular weight excluding hydrogens is 200 g/mol. The van der Waals surface area contributed by atoms with Crippen LogP contribution in [0.2, 0.25) is 0 Å². The zero-order valence-electron chi connectivity index (χ0n) is 9.78. The molecule has 0 aliphatic rings. The monoisotopic (exact) mass is 216 g/mol. The molecule has 16 heavy (non-hydrogen) atoms. The maximum absolute atomic E-state index is 5.96. The molecule has 84 valence electrons. The van der Waals surface area contributed by atoms with Gasteiger partial charge in [-0.3, -0.25) is 4.68 Å². The highest BCUT2D eigenvalue weighted by Crippen LogP contribution is 2.26. The van der Waals surface area contributed by atoms with Crippen molar-refractivity contribution in [2.75, 3.05) is 11.1 Å². The molecule has 0 amide bonds. The number of nitrogens with zero attached hydrogens (tertiary/aromatic N) is 2. The Labute approximate surface area is 95.1 Å². The van der Waals surface area contributed by atoms with E-state index in [-0.39, 0.29) is 0 Å². The van der Waals surface area contributed by atoms with E-state index in [1.807, 2.05) is 32.2 Å². The molecule has 0 fully saturated rings. The largest absolute Gasteiger partial charge is 0.394 e. The van der Waals surface area contributed by atoms with Crippen LogP contribution < -0.4 is 11.1 Å². The van der Waals surface area contributed by atoms with Crippen molar-refractivity contribution in [2.45, 2.75) is 13.8 Å². The van der Waals surface area contributed by atoms with Gasteiger partial charge in [0.05, 0.1) is 11.4 Å². The molecule has 2 aromatic rings. The Morgan fingerprint density at radius 1 is 1.25 bits per heavy atom. The molecule has 0 bridgehead atoms. The minimum atomic E-state index is 0.700. The summed E-state index contributed by atoms with van der Waals surface area (Å²) in [6.45, 7) is 3.96. The standard InChI is InChI=1S/C12H16N4/c1-8-6-4-5-7-10(8)14-12-11(13)9(2)15-16(12)3/h4-7,14H,13H2,1-3H3. The number of aryl methyl sites for hydroxylation is 3. The van der Waals surface area contributed by atoms with Crippen LogP contribution >= 0.6 is 0 Å². The molecule has 2 rings (SSSR count). The van der Waals surface area contributed by atoms with E-state index in [9.17, 15) is 0 Å². The lowest BCUT2D eigenvalue weighted by Crippen LogP contribution is -2.02. The minimum absolute atomic E-state index is 0.700. The van der Waals surface area contributed by atoms with E-state index in [2.05, 4.69) is 23.4 Å². The van der Waals surface area contributed by atoms with E-state index < -0.39 is 0 Å². The maximum atomic E-state index is 5.96. The second-order valence-corrected chi connectivity index (χ2v) is 3.91. The first-order valence-corrected chi connectivity index (χ1v) is 5.21. The first kappa shape index (κ1) is 10.5. The highest BCUT2D eigenvalue weighted by atomic mass is 15.3. The van der Waals surface area contributed by atoms with Gasteiger partial charge in [-0.1, -0.05) is 18.2 Å². The molecule has 1 aromatic carbocycles. The van der Waals surface area contributed by atoms with E-state index in [0.717, 1.165) is 17.2 Å². The molecule has 1 aromatic heterocycles. The van der Waals surface area contributed by atoms with Crippen molar-refractivity contribution in [3.8, 4) is 0 Å². The Kier molecular flexibility index (Phi) is 2.56. The number of nitrogen functional groups attached to an aromatic ring is 1. The molecule has 4 heteroatoms. The Morgan fingerprint density at radius 2 is 1.94 bits per heavy atom. The molecule has 0 atom stereocenters. The van der Waals surface area contributed by atoms with Crippen LogP contribution in [0.15, 0.2) is 24.3 Å². The van der Waals surface area contributed by atoms with Crippen molar-refractivity contribution in [1.82, 2.24) is 9.78 Å². The predicted molar refractivity (Wildman–Crippen MR) is 66.8 cm³/mol. The number of benzene rings is 1. The molecule has 0 aliphatic carbocycles. The van der Waals surface area contributed by atoms with E-state index in [0.29, 0.717) is 5.69 Å². The van der Waals surface area contributed by atoms with Gasteiger partial charge in [-0.2, -0.15) is 5.10 Å². The molecule has 0 spiro atoms. The van der Waals surface area contributed by atoms with Crippen molar-refractivity contribution >= 4 is 17.2 Å². The fourth-order valence-electron chi connectivity index (χ4n) is 1.66. The minimum Gasteiger partial charge on any atom is -0.394 e. The van der Waals surface area contributed by atoms with Crippen LogP contribution in [0, 0.1) is 13.8 Å². The highest BCUT2D eigenvalue weighted by Gasteiger charge is 2.10. The summed E-state index contributed by atoms with van der Waals surface area (Å²) in [5, 5.41) is 7.57. The van der Waals surface area contributed by atoms with Crippen LogP contribution in [0.5, 0.6) is 0 Å². The third-order valence-electron chi connectivity index (χ3n) is 2.67. The number of nitrogens with two attached hydrogens (primary N) is 1. The molecule has 0 aliphatic heterocycles. The van der Waals surface area contributed by atoms with Crippen LogP contribution in [0.3, 0.4) is 0 Å². The number of rotatable bonds is 2. The smallest absolute Gasteiger partial charge is 0.152 e. The van der Waals surface area contributed by atoms with Crippen LogP contribution in [0.1, 0.15) is 11.3 Å². The van der Waals surface area contributed by atoms with E-state index in [1.54, 1.807) is 4.68 Å². The Bertz CT molecular complexity index is 514. The molecular formula is C12H16N4. The lowest BCUT2D eigenvalue weighted by molar-refractivity contribution is 0.765. The molecule has 0 saturated heterocycles. The zero-order chi connectivity index (χ0) is 11.7. The SMILES string of the molecule is Cc1ccccc1Nc1c(N)c(C)nn1C. The van der Waals surface area contributed by atoms with Gasteiger partial charge >= 0.3 is 0 Å². The normalized spacial score (nSPS) is 10.4. The molecule has 4 nitrogen and oxygen atoms in total. The third-order valence-corrected chi connectivity index (χ3v) is 2.67. The summed E-state index contributed by atoms with van der Waals surface area (Å²) in [6, 6.07) is 8.09. The summed E-state index contributed by atoms with van der Waals surface area (Å²) in [5.74, 6) is 0.840. The van der Waals surface area contributed by atoms with Crippen molar-refractivity contribution in [1.29, 1.82) is 0 Å². The van der Waals surface area contributed by atoms with Crippen LogP contribution in [-0.4, -0.2) is 9.78 Å². The fraction of sp³-hybridized carbons (Fsp3) is 0.250. The highest BCUT2D eigenvalue weighted by molar-refractivity contribution is 5.72. The second-order valence-electron chi connectivity index (χ2n) is 3.91. The topological polar surface area (TPSA) is 55.9 Å². The summed E-state index contributed by atoms with van der Waals surface area (Å²) < 4.78 is 1.76. The average Bonchev–Trinajstić information content (AvgIpc) is 2.48. The number of nitrogens with one attached hydrogen (secondary N) is 1. The number of hydrogen-bond acceptors (Lipinski definition) is 3. The summed E-state index contributed by atoms with van der Waals surface area (Å²) >= 11 is 0. The average molecular weight is 216 g/mol. The summed E-state index contributed by atoms with van der Waals surface area (Å²) in [7, 11) is 1.88. The molecule has 0 unspecified atom stereocenters. The van der Waals surface area contributed by atoms with Crippen LogP contribution in [-0.2, 0) is 7.05 Å². The molecule has 1 heterocycles. The van der Waals surface area contributed by atoms with Crippen LogP contribution in [0.25, 0.3) is 0 Å². The quantitative estimate of drug-likeness (QED) is 0.810. The van der Waals surface area contributed by atoms with Crippen molar-refractivity contribution in [3.05, 3.63) is 35.5 Å². The molecule has 3 N–H and O–H groups in total. The van der Waals surface area contributed by atoms with Gasteiger partial charge in [0.15, 0.2) is 5.82 Å². The van der Waals surface area contributed by atoms with Gasteiger partial charge in [0, 0.05) is 12.7 Å². The van der Waals surface area contributed by atoms with Gasteiger partial charge in [-0.05, 0) is 25.5 Å². The van der Waals surface area contributed by atoms with Gasteiger partial charge < -0.3 is 11.1 Å². The summed E-state index contributed by atoms with van der Waals surface area (Å²) in [6.07, 6.45) is 0. The molecule has 0 saturated carbocycles. The van der Waals surface area contributed by atoms with Gasteiger partial charge in [-0.15, -0.1) is 0 Å². The van der Waals surface area contributed by atoms with Crippen molar-refractivity contribution < 1.29 is 0 Å². The van der Waals surface area contributed by atoms with Gasteiger partial charge in [0.25, 0.3) is 0 Å². The first-order chi connectivity index (χ1) is 7.59. The van der Waals surface area contributed by atoms with Crippen molar-refractivity contribution in [2.24, 2.45) is 7.05 Å². The number of aromatic nitrogens is 2. The zero-order valence-corrected chi connectivity index (χ0v) is 9.78. The summed E-state index contributed by atoms with van der Waals surface area (Å²) in [5.41, 5.74) is 9.74. The van der Waals surface area contributed by atoms with Gasteiger partial charge in [0.2, 0.25) is 0 Å². The number of hydrogen-bond donors (Lipinski definition) is 2. The lowest BCUT2D eigenvalue weighted by atomic mass is 10.2. The Balaban J connectivity index is 2.38. The second kappa shape index (κ2) is 3.89. The maximum Gasteiger partial charge on any atom is 0.152 e. The predicted octanol–water partition coefficient (Wildman–Crippen LogP) is 2.36. The fourth-order valence-corrected chi connectivity index (χ4v) is 1.66. The molecule has 0 radical (unpaired) electrons.